The molecule has 1 fully saturated rings. The van der Waals surface area contributed by atoms with Crippen molar-refractivity contribution in [1.29, 1.82) is 0 Å². The monoisotopic (exact) mass is 226 g/mol. The number of benzene rings is 1. The van der Waals surface area contributed by atoms with E-state index in [2.05, 4.69) is 47.6 Å². The van der Waals surface area contributed by atoms with Crippen molar-refractivity contribution in [2.75, 3.05) is 25.0 Å². The number of piperidine rings is 1. The SMILES string of the molecule is CN(c1ccccc1)C1CCNCC1.Cl. The summed E-state index contributed by atoms with van der Waals surface area (Å²) in [6, 6.07) is 11.3. The van der Waals surface area contributed by atoms with E-state index in [4.69, 9.17) is 0 Å². The molecule has 1 aliphatic rings. The van der Waals surface area contributed by atoms with Gasteiger partial charge < -0.3 is 10.2 Å². The second kappa shape index (κ2) is 5.99. The number of rotatable bonds is 2. The summed E-state index contributed by atoms with van der Waals surface area (Å²) in [6.45, 7) is 2.31. The lowest BCUT2D eigenvalue weighted by atomic mass is 10.0. The summed E-state index contributed by atoms with van der Waals surface area (Å²) < 4.78 is 0. The predicted octanol–water partition coefficient (Wildman–Crippen LogP) is 2.30. The van der Waals surface area contributed by atoms with Gasteiger partial charge in [0.2, 0.25) is 0 Å². The van der Waals surface area contributed by atoms with Crippen molar-refractivity contribution in [3.8, 4) is 0 Å². The van der Waals surface area contributed by atoms with E-state index in [1.807, 2.05) is 0 Å². The van der Waals surface area contributed by atoms with Gasteiger partial charge in [-0.3, -0.25) is 0 Å². The first-order valence-corrected chi connectivity index (χ1v) is 5.36. The number of hydrogen-bond acceptors (Lipinski definition) is 2. The fourth-order valence-corrected chi connectivity index (χ4v) is 2.07. The highest BCUT2D eigenvalue weighted by atomic mass is 35.5. The van der Waals surface area contributed by atoms with Crippen molar-refractivity contribution in [1.82, 2.24) is 5.32 Å². The highest BCUT2D eigenvalue weighted by Crippen LogP contribution is 2.18. The first kappa shape index (κ1) is 12.3. The van der Waals surface area contributed by atoms with Crippen LogP contribution in [0, 0.1) is 0 Å². The zero-order valence-corrected chi connectivity index (χ0v) is 9.96. The van der Waals surface area contributed by atoms with E-state index in [9.17, 15) is 0 Å². The lowest BCUT2D eigenvalue weighted by molar-refractivity contribution is 0.443. The second-order valence-corrected chi connectivity index (χ2v) is 3.93. The molecule has 1 aromatic carbocycles. The average Bonchev–Trinajstić information content (AvgIpc) is 2.30. The molecule has 1 saturated heterocycles. The zero-order valence-electron chi connectivity index (χ0n) is 9.15. The fraction of sp³-hybridized carbons (Fsp3) is 0.500. The summed E-state index contributed by atoms with van der Waals surface area (Å²) in [5.41, 5.74) is 1.33. The molecule has 1 heterocycles. The first-order chi connectivity index (χ1) is 6.88. The van der Waals surface area contributed by atoms with E-state index in [0.717, 1.165) is 13.1 Å². The van der Waals surface area contributed by atoms with E-state index in [-0.39, 0.29) is 12.4 Å². The van der Waals surface area contributed by atoms with Crippen LogP contribution in [0.3, 0.4) is 0 Å². The Balaban J connectivity index is 0.00000112. The Kier molecular flexibility index (Phi) is 4.92. The lowest BCUT2D eigenvalue weighted by Gasteiger charge is -2.33. The van der Waals surface area contributed by atoms with Crippen molar-refractivity contribution in [2.45, 2.75) is 18.9 Å². The molecule has 0 atom stereocenters. The van der Waals surface area contributed by atoms with Crippen molar-refractivity contribution < 1.29 is 0 Å². The third-order valence-electron chi connectivity index (χ3n) is 3.02. The van der Waals surface area contributed by atoms with Crippen LogP contribution in [-0.2, 0) is 0 Å². The lowest BCUT2D eigenvalue weighted by Crippen LogP contribution is -2.41. The Morgan fingerprint density at radius 3 is 2.33 bits per heavy atom. The van der Waals surface area contributed by atoms with Gasteiger partial charge in [-0.15, -0.1) is 12.4 Å². The molecule has 3 heteroatoms. The van der Waals surface area contributed by atoms with Gasteiger partial charge in [-0.05, 0) is 38.1 Å². The van der Waals surface area contributed by atoms with Crippen LogP contribution in [0.2, 0.25) is 0 Å². The standard InChI is InChI=1S/C12H18N2.ClH/c1-14(11-5-3-2-4-6-11)12-7-9-13-10-8-12;/h2-6,12-13H,7-10H2,1H3;1H. The Bertz CT molecular complexity index is 270. The van der Waals surface area contributed by atoms with E-state index >= 15 is 0 Å². The minimum atomic E-state index is 0. The van der Waals surface area contributed by atoms with Gasteiger partial charge in [0.25, 0.3) is 0 Å². The van der Waals surface area contributed by atoms with Crippen LogP contribution in [0.25, 0.3) is 0 Å². The van der Waals surface area contributed by atoms with Crippen molar-refractivity contribution >= 4 is 18.1 Å². The number of para-hydroxylation sites is 1. The molecule has 0 saturated carbocycles. The molecule has 0 unspecified atom stereocenters. The molecule has 1 aliphatic heterocycles. The van der Waals surface area contributed by atoms with Crippen LogP contribution in [0.5, 0.6) is 0 Å². The van der Waals surface area contributed by atoms with Crippen LogP contribution in [0.4, 0.5) is 5.69 Å². The molecule has 15 heavy (non-hydrogen) atoms. The van der Waals surface area contributed by atoms with Crippen LogP contribution in [0.15, 0.2) is 30.3 Å². The highest BCUT2D eigenvalue weighted by Gasteiger charge is 2.17. The summed E-state index contributed by atoms with van der Waals surface area (Å²) in [6.07, 6.45) is 2.51. The number of nitrogens with zero attached hydrogens (tertiary/aromatic N) is 1. The molecule has 1 N–H and O–H groups in total. The minimum absolute atomic E-state index is 0. The van der Waals surface area contributed by atoms with Crippen molar-refractivity contribution in [2.24, 2.45) is 0 Å². The van der Waals surface area contributed by atoms with Crippen LogP contribution < -0.4 is 10.2 Å². The summed E-state index contributed by atoms with van der Waals surface area (Å²) in [4.78, 5) is 2.40. The average molecular weight is 227 g/mol. The number of nitrogens with one attached hydrogen (secondary N) is 1. The number of halogens is 1. The van der Waals surface area contributed by atoms with Crippen molar-refractivity contribution in [3.63, 3.8) is 0 Å². The maximum Gasteiger partial charge on any atom is 0.0366 e. The molecule has 0 radical (unpaired) electrons. The largest absolute Gasteiger partial charge is 0.372 e. The molecular formula is C12H19ClN2. The minimum Gasteiger partial charge on any atom is -0.372 e. The summed E-state index contributed by atoms with van der Waals surface area (Å²) >= 11 is 0. The molecule has 0 bridgehead atoms. The molecule has 0 aromatic heterocycles. The molecule has 0 spiro atoms. The number of hydrogen-bond donors (Lipinski definition) is 1. The maximum absolute atomic E-state index is 3.39. The highest BCUT2D eigenvalue weighted by molar-refractivity contribution is 5.85. The number of anilines is 1. The third-order valence-corrected chi connectivity index (χ3v) is 3.02. The quantitative estimate of drug-likeness (QED) is 0.833. The topological polar surface area (TPSA) is 15.3 Å². The fourth-order valence-electron chi connectivity index (χ4n) is 2.07. The molecular weight excluding hydrogens is 208 g/mol. The second-order valence-electron chi connectivity index (χ2n) is 3.93. The molecule has 84 valence electrons. The first-order valence-electron chi connectivity index (χ1n) is 5.36. The normalized spacial score (nSPS) is 16.9. The Hall–Kier alpha value is -0.730. The zero-order chi connectivity index (χ0) is 9.80. The van der Waals surface area contributed by atoms with E-state index in [1.54, 1.807) is 0 Å². The van der Waals surface area contributed by atoms with Gasteiger partial charge >= 0.3 is 0 Å². The Labute approximate surface area is 98.1 Å². The molecule has 0 aliphatic carbocycles. The summed E-state index contributed by atoms with van der Waals surface area (Å²) in [5.74, 6) is 0. The van der Waals surface area contributed by atoms with Gasteiger partial charge in [0.1, 0.15) is 0 Å². The van der Waals surface area contributed by atoms with Gasteiger partial charge in [0.05, 0.1) is 0 Å². The molecule has 2 nitrogen and oxygen atoms in total. The summed E-state index contributed by atoms with van der Waals surface area (Å²) in [5, 5.41) is 3.39. The van der Waals surface area contributed by atoms with E-state index < -0.39 is 0 Å². The van der Waals surface area contributed by atoms with Crippen LogP contribution in [-0.4, -0.2) is 26.2 Å². The van der Waals surface area contributed by atoms with Crippen LogP contribution >= 0.6 is 12.4 Å². The summed E-state index contributed by atoms with van der Waals surface area (Å²) in [7, 11) is 2.20. The molecule has 0 amide bonds. The molecule has 1 aromatic rings. The Morgan fingerprint density at radius 1 is 1.13 bits per heavy atom. The van der Waals surface area contributed by atoms with Gasteiger partial charge in [-0.25, -0.2) is 0 Å². The van der Waals surface area contributed by atoms with E-state index in [1.165, 1.54) is 18.5 Å². The van der Waals surface area contributed by atoms with Crippen LogP contribution in [0.1, 0.15) is 12.8 Å². The third kappa shape index (κ3) is 3.11. The van der Waals surface area contributed by atoms with Gasteiger partial charge in [0, 0.05) is 18.8 Å². The van der Waals surface area contributed by atoms with Gasteiger partial charge in [-0.1, -0.05) is 18.2 Å². The van der Waals surface area contributed by atoms with Gasteiger partial charge in [0.15, 0.2) is 0 Å². The molecule has 2 rings (SSSR count). The van der Waals surface area contributed by atoms with Gasteiger partial charge in [-0.2, -0.15) is 0 Å². The van der Waals surface area contributed by atoms with Crippen molar-refractivity contribution in [3.05, 3.63) is 30.3 Å². The smallest absolute Gasteiger partial charge is 0.0366 e. The maximum atomic E-state index is 3.39. The predicted molar refractivity (Wildman–Crippen MR) is 68.0 cm³/mol. The Morgan fingerprint density at radius 2 is 1.73 bits per heavy atom. The van der Waals surface area contributed by atoms with E-state index in [0.29, 0.717) is 6.04 Å².